The van der Waals surface area contributed by atoms with Crippen molar-refractivity contribution in [3.05, 3.63) is 12.7 Å². The van der Waals surface area contributed by atoms with E-state index in [9.17, 15) is 0 Å². The Morgan fingerprint density at radius 1 is 1.58 bits per heavy atom. The van der Waals surface area contributed by atoms with Gasteiger partial charge in [0.25, 0.3) is 0 Å². The van der Waals surface area contributed by atoms with Crippen molar-refractivity contribution in [1.82, 2.24) is 4.90 Å². The molecule has 1 aliphatic carbocycles. The Labute approximate surface area is 75.4 Å². The topological polar surface area (TPSA) is 29.3 Å². The Morgan fingerprint density at radius 2 is 2.17 bits per heavy atom. The zero-order chi connectivity index (χ0) is 9.19. The summed E-state index contributed by atoms with van der Waals surface area (Å²) in [6, 6.07) is 0.573. The third-order valence-electron chi connectivity index (χ3n) is 2.50. The summed E-state index contributed by atoms with van der Waals surface area (Å²) < 4.78 is 0. The molecule has 0 bridgehead atoms. The van der Waals surface area contributed by atoms with E-state index in [1.54, 1.807) is 0 Å². The van der Waals surface area contributed by atoms with Crippen LogP contribution >= 0.6 is 0 Å². The number of rotatable bonds is 5. The molecule has 1 rings (SSSR count). The molecule has 0 atom stereocenters. The van der Waals surface area contributed by atoms with E-state index in [0.29, 0.717) is 6.04 Å². The molecule has 0 unspecified atom stereocenters. The van der Waals surface area contributed by atoms with Crippen LogP contribution in [-0.2, 0) is 0 Å². The van der Waals surface area contributed by atoms with Crippen LogP contribution in [0.4, 0.5) is 0 Å². The van der Waals surface area contributed by atoms with Gasteiger partial charge in [-0.2, -0.15) is 0 Å². The van der Waals surface area contributed by atoms with Crippen molar-refractivity contribution >= 4 is 0 Å². The summed E-state index contributed by atoms with van der Waals surface area (Å²) in [6.45, 7) is 10.1. The first kappa shape index (κ1) is 9.75. The van der Waals surface area contributed by atoms with Crippen molar-refractivity contribution in [2.45, 2.75) is 38.3 Å². The van der Waals surface area contributed by atoms with Crippen molar-refractivity contribution in [3.8, 4) is 0 Å². The minimum absolute atomic E-state index is 0.132. The largest absolute Gasteiger partial charge is 0.324 e. The fourth-order valence-electron chi connectivity index (χ4n) is 1.35. The summed E-state index contributed by atoms with van der Waals surface area (Å²) in [6.07, 6.45) is 4.33. The van der Waals surface area contributed by atoms with Crippen LogP contribution in [0.15, 0.2) is 12.7 Å². The van der Waals surface area contributed by atoms with E-state index < -0.39 is 0 Å². The van der Waals surface area contributed by atoms with Gasteiger partial charge in [-0.15, -0.1) is 6.58 Å². The van der Waals surface area contributed by atoms with Gasteiger partial charge >= 0.3 is 0 Å². The fraction of sp³-hybridized carbons (Fsp3) is 0.800. The van der Waals surface area contributed by atoms with Crippen LogP contribution in [0.3, 0.4) is 0 Å². The molecule has 0 aromatic carbocycles. The molecule has 70 valence electrons. The van der Waals surface area contributed by atoms with Crippen molar-refractivity contribution in [2.24, 2.45) is 5.73 Å². The van der Waals surface area contributed by atoms with Gasteiger partial charge in [0.2, 0.25) is 0 Å². The fourth-order valence-corrected chi connectivity index (χ4v) is 1.35. The maximum atomic E-state index is 6.04. The molecule has 1 fully saturated rings. The van der Waals surface area contributed by atoms with E-state index in [2.05, 4.69) is 25.3 Å². The molecule has 0 aromatic rings. The molecular weight excluding hydrogens is 148 g/mol. The maximum absolute atomic E-state index is 6.04. The first-order valence-corrected chi connectivity index (χ1v) is 4.71. The summed E-state index contributed by atoms with van der Waals surface area (Å²) in [7, 11) is 0. The minimum atomic E-state index is 0.132. The Morgan fingerprint density at radius 3 is 2.50 bits per heavy atom. The quantitative estimate of drug-likeness (QED) is 0.628. The SMILES string of the molecule is C=CCN(CC1(N)CC1)C(C)C. The molecule has 0 heterocycles. The monoisotopic (exact) mass is 168 g/mol. The van der Waals surface area contributed by atoms with Gasteiger partial charge in [0.1, 0.15) is 0 Å². The molecule has 0 radical (unpaired) electrons. The molecule has 1 saturated carbocycles. The highest BCUT2D eigenvalue weighted by Crippen LogP contribution is 2.33. The second-order valence-corrected chi connectivity index (χ2v) is 4.17. The van der Waals surface area contributed by atoms with Gasteiger partial charge in [0.05, 0.1) is 0 Å². The molecule has 0 spiro atoms. The zero-order valence-corrected chi connectivity index (χ0v) is 8.21. The second kappa shape index (κ2) is 3.58. The van der Waals surface area contributed by atoms with Crippen LogP contribution < -0.4 is 5.73 Å². The Kier molecular flexibility index (Phi) is 2.91. The van der Waals surface area contributed by atoms with Crippen LogP contribution in [0.1, 0.15) is 26.7 Å². The van der Waals surface area contributed by atoms with Gasteiger partial charge in [-0.05, 0) is 26.7 Å². The lowest BCUT2D eigenvalue weighted by molar-refractivity contribution is 0.225. The predicted molar refractivity (Wildman–Crippen MR) is 53.1 cm³/mol. The van der Waals surface area contributed by atoms with Crippen LogP contribution in [0.5, 0.6) is 0 Å². The first-order chi connectivity index (χ1) is 5.57. The van der Waals surface area contributed by atoms with Crippen molar-refractivity contribution < 1.29 is 0 Å². The third kappa shape index (κ3) is 2.61. The highest BCUT2D eigenvalue weighted by Gasteiger charge is 2.39. The molecular formula is C10H20N2. The van der Waals surface area contributed by atoms with E-state index in [1.165, 1.54) is 12.8 Å². The van der Waals surface area contributed by atoms with E-state index in [4.69, 9.17) is 5.73 Å². The number of nitrogens with zero attached hydrogens (tertiary/aromatic N) is 1. The lowest BCUT2D eigenvalue weighted by Crippen LogP contribution is -2.42. The maximum Gasteiger partial charge on any atom is 0.0285 e. The summed E-state index contributed by atoms with van der Waals surface area (Å²) >= 11 is 0. The van der Waals surface area contributed by atoms with Crippen molar-refractivity contribution in [1.29, 1.82) is 0 Å². The summed E-state index contributed by atoms with van der Waals surface area (Å²) in [5.41, 5.74) is 6.17. The summed E-state index contributed by atoms with van der Waals surface area (Å²) in [5, 5.41) is 0. The average molecular weight is 168 g/mol. The molecule has 1 aliphatic rings. The van der Waals surface area contributed by atoms with Crippen LogP contribution in [0, 0.1) is 0 Å². The predicted octanol–water partition coefficient (Wildman–Crippen LogP) is 1.37. The zero-order valence-electron chi connectivity index (χ0n) is 8.21. The van der Waals surface area contributed by atoms with Crippen LogP contribution in [-0.4, -0.2) is 29.6 Å². The van der Waals surface area contributed by atoms with E-state index in [-0.39, 0.29) is 5.54 Å². The van der Waals surface area contributed by atoms with Crippen molar-refractivity contribution in [3.63, 3.8) is 0 Å². The van der Waals surface area contributed by atoms with E-state index in [0.717, 1.165) is 13.1 Å². The average Bonchev–Trinajstić information content (AvgIpc) is 2.67. The molecule has 2 N–H and O–H groups in total. The van der Waals surface area contributed by atoms with Gasteiger partial charge in [-0.3, -0.25) is 4.90 Å². The lowest BCUT2D eigenvalue weighted by Gasteiger charge is -2.27. The number of hydrogen-bond acceptors (Lipinski definition) is 2. The van der Waals surface area contributed by atoms with E-state index >= 15 is 0 Å². The molecule has 12 heavy (non-hydrogen) atoms. The first-order valence-electron chi connectivity index (χ1n) is 4.71. The van der Waals surface area contributed by atoms with Gasteiger partial charge in [0, 0.05) is 24.7 Å². The smallest absolute Gasteiger partial charge is 0.0285 e. The standard InChI is InChI=1S/C10H20N2/c1-4-7-12(9(2)3)8-10(11)5-6-10/h4,9H,1,5-8,11H2,2-3H3. The molecule has 2 heteroatoms. The molecule has 0 aliphatic heterocycles. The highest BCUT2D eigenvalue weighted by atomic mass is 15.2. The Hall–Kier alpha value is -0.340. The Bertz CT molecular complexity index is 159. The molecule has 0 saturated heterocycles. The minimum Gasteiger partial charge on any atom is -0.324 e. The highest BCUT2D eigenvalue weighted by molar-refractivity contribution is 5.02. The Balaban J connectivity index is 2.37. The second-order valence-electron chi connectivity index (χ2n) is 4.17. The molecule has 0 aromatic heterocycles. The summed E-state index contributed by atoms with van der Waals surface area (Å²) in [4.78, 5) is 2.38. The van der Waals surface area contributed by atoms with E-state index in [1.807, 2.05) is 6.08 Å². The lowest BCUT2D eigenvalue weighted by atomic mass is 10.2. The summed E-state index contributed by atoms with van der Waals surface area (Å²) in [5.74, 6) is 0. The van der Waals surface area contributed by atoms with Gasteiger partial charge in [-0.1, -0.05) is 6.08 Å². The molecule has 2 nitrogen and oxygen atoms in total. The van der Waals surface area contributed by atoms with Crippen LogP contribution in [0.25, 0.3) is 0 Å². The van der Waals surface area contributed by atoms with Gasteiger partial charge in [-0.25, -0.2) is 0 Å². The van der Waals surface area contributed by atoms with Crippen molar-refractivity contribution in [2.75, 3.05) is 13.1 Å². The van der Waals surface area contributed by atoms with Crippen LogP contribution in [0.2, 0.25) is 0 Å². The van der Waals surface area contributed by atoms with Gasteiger partial charge < -0.3 is 5.73 Å². The van der Waals surface area contributed by atoms with Gasteiger partial charge in [0.15, 0.2) is 0 Å². The number of nitrogens with two attached hydrogens (primary N) is 1. The third-order valence-corrected chi connectivity index (χ3v) is 2.50. The number of hydrogen-bond donors (Lipinski definition) is 1. The normalized spacial score (nSPS) is 20.1. The molecule has 0 amide bonds.